The van der Waals surface area contributed by atoms with E-state index in [2.05, 4.69) is 0 Å². The van der Waals surface area contributed by atoms with Crippen molar-refractivity contribution in [1.29, 1.82) is 0 Å². The van der Waals surface area contributed by atoms with Gasteiger partial charge in [0.1, 0.15) is 12.6 Å². The smallest absolute Gasteiger partial charge is 0.302 e. The minimum absolute atomic E-state index is 0.0819. The van der Waals surface area contributed by atoms with Crippen LogP contribution >= 0.6 is 0 Å². The molecular weight excluding hydrogens is 264 g/mol. The molecule has 2 rings (SSSR count). The van der Waals surface area contributed by atoms with E-state index in [1.54, 1.807) is 12.1 Å². The molecule has 1 aromatic carbocycles. The average molecular weight is 274 g/mol. The number of hydrogen-bond donors (Lipinski definition) is 1. The SMILES string of the molecule is O=Cc1ccc(CN2C(=O)NC(=O)C(C=O)C2=O)cc1. The minimum atomic E-state index is -1.50. The van der Waals surface area contributed by atoms with Gasteiger partial charge in [-0.25, -0.2) is 4.79 Å². The molecule has 0 spiro atoms. The van der Waals surface area contributed by atoms with E-state index >= 15 is 0 Å². The number of rotatable bonds is 4. The topological polar surface area (TPSA) is 101 Å². The number of amides is 4. The second kappa shape index (κ2) is 5.43. The largest absolute Gasteiger partial charge is 0.331 e. The first-order chi connectivity index (χ1) is 9.56. The van der Waals surface area contributed by atoms with Crippen molar-refractivity contribution >= 4 is 30.4 Å². The highest BCUT2D eigenvalue weighted by Crippen LogP contribution is 2.13. The van der Waals surface area contributed by atoms with E-state index < -0.39 is 23.8 Å². The molecule has 1 aromatic rings. The number of nitrogens with zero attached hydrogens (tertiary/aromatic N) is 1. The predicted octanol–water partition coefficient (Wildman–Crippen LogP) is -0.107. The number of urea groups is 1. The molecule has 0 radical (unpaired) electrons. The Kier molecular flexibility index (Phi) is 3.69. The summed E-state index contributed by atoms with van der Waals surface area (Å²) in [6.45, 7) is -0.0819. The van der Waals surface area contributed by atoms with Gasteiger partial charge in [-0.05, 0) is 5.56 Å². The first kappa shape index (κ1) is 13.6. The van der Waals surface area contributed by atoms with Gasteiger partial charge in [0.15, 0.2) is 5.92 Å². The molecule has 7 heteroatoms. The molecule has 102 valence electrons. The molecule has 0 saturated carbocycles. The quantitative estimate of drug-likeness (QED) is 0.610. The molecule has 20 heavy (non-hydrogen) atoms. The Bertz CT molecular complexity index is 593. The third-order valence-electron chi connectivity index (χ3n) is 2.88. The highest BCUT2D eigenvalue weighted by atomic mass is 16.2. The number of hydrogen-bond acceptors (Lipinski definition) is 5. The van der Waals surface area contributed by atoms with E-state index in [4.69, 9.17) is 0 Å². The summed E-state index contributed by atoms with van der Waals surface area (Å²) in [5.74, 6) is -3.27. The maximum atomic E-state index is 11.9. The maximum absolute atomic E-state index is 11.9. The van der Waals surface area contributed by atoms with Gasteiger partial charge in [-0.2, -0.15) is 0 Å². The van der Waals surface area contributed by atoms with Crippen LogP contribution in [0, 0.1) is 5.92 Å². The summed E-state index contributed by atoms with van der Waals surface area (Å²) in [4.78, 5) is 56.8. The van der Waals surface area contributed by atoms with E-state index in [1.165, 1.54) is 12.1 Å². The molecule has 1 heterocycles. The van der Waals surface area contributed by atoms with E-state index in [9.17, 15) is 24.0 Å². The van der Waals surface area contributed by atoms with Crippen molar-refractivity contribution in [1.82, 2.24) is 10.2 Å². The van der Waals surface area contributed by atoms with E-state index in [0.717, 1.165) is 4.90 Å². The fourth-order valence-corrected chi connectivity index (χ4v) is 1.78. The number of carbonyl (C=O) groups excluding carboxylic acids is 5. The molecule has 0 bridgehead atoms. The van der Waals surface area contributed by atoms with Crippen LogP contribution in [-0.4, -0.2) is 35.3 Å². The van der Waals surface area contributed by atoms with Crippen LogP contribution in [0.3, 0.4) is 0 Å². The van der Waals surface area contributed by atoms with Gasteiger partial charge in [0.05, 0.1) is 6.54 Å². The molecule has 4 amide bonds. The number of barbiturate groups is 1. The van der Waals surface area contributed by atoms with Gasteiger partial charge in [-0.15, -0.1) is 0 Å². The zero-order chi connectivity index (χ0) is 14.7. The fraction of sp³-hybridized carbons (Fsp3) is 0.154. The van der Waals surface area contributed by atoms with Crippen LogP contribution in [0.5, 0.6) is 0 Å². The number of aldehydes is 2. The number of nitrogens with one attached hydrogen (secondary N) is 1. The lowest BCUT2D eigenvalue weighted by Gasteiger charge is -2.27. The van der Waals surface area contributed by atoms with Crippen LogP contribution in [0.2, 0.25) is 0 Å². The van der Waals surface area contributed by atoms with Crippen molar-refractivity contribution in [3.8, 4) is 0 Å². The molecule has 1 N–H and O–H groups in total. The van der Waals surface area contributed by atoms with Crippen molar-refractivity contribution in [2.24, 2.45) is 5.92 Å². The molecule has 1 aliphatic heterocycles. The van der Waals surface area contributed by atoms with Gasteiger partial charge in [0.25, 0.3) is 5.91 Å². The van der Waals surface area contributed by atoms with E-state index in [-0.39, 0.29) is 12.8 Å². The lowest BCUT2D eigenvalue weighted by molar-refractivity contribution is -0.144. The summed E-state index contributed by atoms with van der Waals surface area (Å²) in [5.41, 5.74) is 1.06. The second-order valence-electron chi connectivity index (χ2n) is 4.19. The van der Waals surface area contributed by atoms with Crippen LogP contribution in [0.1, 0.15) is 15.9 Å². The van der Waals surface area contributed by atoms with E-state index in [1.807, 2.05) is 5.32 Å². The fourth-order valence-electron chi connectivity index (χ4n) is 1.78. The Morgan fingerprint density at radius 1 is 1.10 bits per heavy atom. The zero-order valence-electron chi connectivity index (χ0n) is 10.2. The molecule has 1 fully saturated rings. The molecule has 0 aromatic heterocycles. The average Bonchev–Trinajstić information content (AvgIpc) is 2.44. The lowest BCUT2D eigenvalue weighted by Crippen LogP contribution is -2.57. The number of imide groups is 2. The van der Waals surface area contributed by atoms with Gasteiger partial charge >= 0.3 is 6.03 Å². The minimum Gasteiger partial charge on any atom is -0.302 e. The van der Waals surface area contributed by atoms with Crippen molar-refractivity contribution < 1.29 is 24.0 Å². The van der Waals surface area contributed by atoms with Crippen molar-refractivity contribution in [3.05, 3.63) is 35.4 Å². The predicted molar refractivity (Wildman–Crippen MR) is 65.5 cm³/mol. The molecule has 1 atom stereocenters. The standard InChI is InChI=1S/C13H10N2O5/c16-6-9-3-1-8(2-4-9)5-15-12(19)10(7-17)11(18)14-13(15)20/h1-4,6-7,10H,5H2,(H,14,18,20). The molecule has 7 nitrogen and oxygen atoms in total. The molecule has 1 saturated heterocycles. The molecule has 1 unspecified atom stereocenters. The summed E-state index contributed by atoms with van der Waals surface area (Å²) in [7, 11) is 0. The maximum Gasteiger partial charge on any atom is 0.331 e. The summed E-state index contributed by atoms with van der Waals surface area (Å²) in [6, 6.07) is 5.37. The van der Waals surface area contributed by atoms with Crippen LogP contribution in [0.25, 0.3) is 0 Å². The molecular formula is C13H10N2O5. The number of carbonyl (C=O) groups is 5. The van der Waals surface area contributed by atoms with Crippen LogP contribution in [0.15, 0.2) is 24.3 Å². The summed E-state index contributed by atoms with van der Waals surface area (Å²) < 4.78 is 0. The summed E-state index contributed by atoms with van der Waals surface area (Å²) in [5, 5.41) is 1.94. The summed E-state index contributed by atoms with van der Waals surface area (Å²) in [6.07, 6.45) is 0.871. The summed E-state index contributed by atoms with van der Waals surface area (Å²) >= 11 is 0. The van der Waals surface area contributed by atoms with Gasteiger partial charge in [0.2, 0.25) is 5.91 Å². The van der Waals surface area contributed by atoms with Gasteiger partial charge in [-0.1, -0.05) is 24.3 Å². The Morgan fingerprint density at radius 2 is 1.75 bits per heavy atom. The van der Waals surface area contributed by atoms with Gasteiger partial charge < -0.3 is 4.79 Å². The first-order valence-corrected chi connectivity index (χ1v) is 5.72. The Balaban J connectivity index is 2.20. The van der Waals surface area contributed by atoms with Gasteiger partial charge in [-0.3, -0.25) is 24.6 Å². The van der Waals surface area contributed by atoms with Crippen LogP contribution in [-0.2, 0) is 20.9 Å². The van der Waals surface area contributed by atoms with Crippen molar-refractivity contribution in [2.75, 3.05) is 0 Å². The first-order valence-electron chi connectivity index (χ1n) is 5.72. The lowest BCUT2D eigenvalue weighted by atomic mass is 10.1. The monoisotopic (exact) mass is 274 g/mol. The zero-order valence-corrected chi connectivity index (χ0v) is 10.2. The second-order valence-corrected chi connectivity index (χ2v) is 4.19. The van der Waals surface area contributed by atoms with Crippen molar-refractivity contribution in [2.45, 2.75) is 6.54 Å². The molecule has 1 aliphatic rings. The van der Waals surface area contributed by atoms with Gasteiger partial charge in [0, 0.05) is 5.56 Å². The third kappa shape index (κ3) is 2.46. The van der Waals surface area contributed by atoms with Crippen molar-refractivity contribution in [3.63, 3.8) is 0 Å². The van der Waals surface area contributed by atoms with E-state index in [0.29, 0.717) is 17.4 Å². The Hall–Kier alpha value is -2.83. The third-order valence-corrected chi connectivity index (χ3v) is 2.88. The Labute approximate surface area is 113 Å². The molecule has 0 aliphatic carbocycles. The highest BCUT2D eigenvalue weighted by molar-refractivity contribution is 6.22. The normalized spacial score (nSPS) is 18.7. The Morgan fingerprint density at radius 3 is 2.30 bits per heavy atom. The van der Waals surface area contributed by atoms with Crippen LogP contribution in [0.4, 0.5) is 4.79 Å². The van der Waals surface area contributed by atoms with Crippen LogP contribution < -0.4 is 5.32 Å². The highest BCUT2D eigenvalue weighted by Gasteiger charge is 2.40. The number of benzene rings is 1.